The first-order valence-corrected chi connectivity index (χ1v) is 6.31. The van der Waals surface area contributed by atoms with Gasteiger partial charge in [0.05, 0.1) is 18.8 Å². The largest absolute Gasteiger partial charge is 0.481 e. The summed E-state index contributed by atoms with van der Waals surface area (Å²) >= 11 is 1.31. The normalized spacial score (nSPS) is 10.2. The maximum Gasteiger partial charge on any atom is 0.304 e. The molecule has 0 saturated heterocycles. The van der Waals surface area contributed by atoms with Crippen molar-refractivity contribution in [1.29, 1.82) is 0 Å². The summed E-state index contributed by atoms with van der Waals surface area (Å²) in [4.78, 5) is 22.0. The molecule has 0 aliphatic carbocycles. The van der Waals surface area contributed by atoms with Crippen molar-refractivity contribution in [2.75, 3.05) is 11.5 Å². The first-order chi connectivity index (χ1) is 8.13. The van der Waals surface area contributed by atoms with Gasteiger partial charge in [0.25, 0.3) is 0 Å². The summed E-state index contributed by atoms with van der Waals surface area (Å²) in [5.74, 6) is -0.203. The van der Waals surface area contributed by atoms with Crippen LogP contribution >= 0.6 is 11.8 Å². The number of rotatable bonds is 7. The second-order valence-corrected chi connectivity index (χ2v) is 4.58. The van der Waals surface area contributed by atoms with Gasteiger partial charge in [-0.15, -0.1) is 0 Å². The third-order valence-electron chi connectivity index (χ3n) is 2.12. The first-order valence-electron chi connectivity index (χ1n) is 5.16. The molecular formula is C12H14O4S. The van der Waals surface area contributed by atoms with Crippen LogP contribution < -0.4 is 0 Å². The van der Waals surface area contributed by atoms with Crippen LogP contribution in [0.25, 0.3) is 0 Å². The summed E-state index contributed by atoms with van der Waals surface area (Å²) in [5, 5.41) is 17.4. The van der Waals surface area contributed by atoms with E-state index in [0.717, 1.165) is 0 Å². The predicted molar refractivity (Wildman–Crippen MR) is 66.3 cm³/mol. The summed E-state index contributed by atoms with van der Waals surface area (Å²) in [7, 11) is 0. The van der Waals surface area contributed by atoms with Crippen LogP contribution in [-0.4, -0.2) is 33.5 Å². The van der Waals surface area contributed by atoms with Gasteiger partial charge in [-0.3, -0.25) is 9.59 Å². The Hall–Kier alpha value is -1.33. The van der Waals surface area contributed by atoms with E-state index in [1.807, 2.05) is 0 Å². The second kappa shape index (κ2) is 7.09. The minimum absolute atomic E-state index is 0.0457. The van der Waals surface area contributed by atoms with E-state index in [-0.39, 0.29) is 24.6 Å². The van der Waals surface area contributed by atoms with Gasteiger partial charge >= 0.3 is 5.97 Å². The van der Waals surface area contributed by atoms with Gasteiger partial charge in [0, 0.05) is 11.3 Å². The van der Waals surface area contributed by atoms with Crippen molar-refractivity contribution < 1.29 is 19.8 Å². The van der Waals surface area contributed by atoms with Crippen molar-refractivity contribution in [2.24, 2.45) is 0 Å². The predicted octanol–water partition coefficient (Wildman–Crippen LogP) is 1.57. The molecule has 4 nitrogen and oxygen atoms in total. The summed E-state index contributed by atoms with van der Waals surface area (Å²) in [6.07, 6.45) is 0.0641. The van der Waals surface area contributed by atoms with Gasteiger partial charge in [-0.25, -0.2) is 0 Å². The van der Waals surface area contributed by atoms with Crippen molar-refractivity contribution in [3.8, 4) is 0 Å². The molecule has 0 aliphatic heterocycles. The molecule has 17 heavy (non-hydrogen) atoms. The van der Waals surface area contributed by atoms with Crippen molar-refractivity contribution in [3.63, 3.8) is 0 Å². The molecule has 0 atom stereocenters. The van der Waals surface area contributed by atoms with Crippen molar-refractivity contribution in [3.05, 3.63) is 35.4 Å². The number of carbonyl (C=O) groups is 2. The lowest BCUT2D eigenvalue weighted by molar-refractivity contribution is -0.136. The number of benzene rings is 1. The Morgan fingerprint density at radius 3 is 2.71 bits per heavy atom. The maximum absolute atomic E-state index is 11.7. The average molecular weight is 254 g/mol. The Labute approximate surface area is 104 Å². The molecule has 0 spiro atoms. The molecule has 0 amide bonds. The molecule has 1 aromatic rings. The Kier molecular flexibility index (Phi) is 5.72. The Morgan fingerprint density at radius 2 is 2.06 bits per heavy atom. The third-order valence-corrected chi connectivity index (χ3v) is 3.08. The van der Waals surface area contributed by atoms with Gasteiger partial charge in [-0.05, 0) is 11.6 Å². The molecule has 0 radical (unpaired) electrons. The van der Waals surface area contributed by atoms with E-state index in [0.29, 0.717) is 16.9 Å². The van der Waals surface area contributed by atoms with Crippen LogP contribution in [0, 0.1) is 0 Å². The number of thioether (sulfide) groups is 1. The van der Waals surface area contributed by atoms with Gasteiger partial charge in [-0.2, -0.15) is 11.8 Å². The number of hydrogen-bond acceptors (Lipinski definition) is 4. The van der Waals surface area contributed by atoms with Gasteiger partial charge < -0.3 is 10.2 Å². The van der Waals surface area contributed by atoms with Crippen molar-refractivity contribution in [1.82, 2.24) is 0 Å². The number of ketones is 1. The fourth-order valence-electron chi connectivity index (χ4n) is 1.25. The lowest BCUT2D eigenvalue weighted by Gasteiger charge is -2.02. The van der Waals surface area contributed by atoms with Crippen LogP contribution in [0.5, 0.6) is 0 Å². The molecule has 0 fully saturated rings. The van der Waals surface area contributed by atoms with Gasteiger partial charge in [0.15, 0.2) is 5.78 Å². The third kappa shape index (κ3) is 5.01. The minimum atomic E-state index is -0.854. The second-order valence-electron chi connectivity index (χ2n) is 3.48. The van der Waals surface area contributed by atoms with E-state index in [4.69, 9.17) is 10.2 Å². The van der Waals surface area contributed by atoms with Gasteiger partial charge in [0.1, 0.15) is 0 Å². The molecule has 0 aliphatic rings. The first kappa shape index (κ1) is 13.7. The zero-order valence-electron chi connectivity index (χ0n) is 9.26. The van der Waals surface area contributed by atoms with Crippen LogP contribution in [0.2, 0.25) is 0 Å². The van der Waals surface area contributed by atoms with E-state index in [1.54, 1.807) is 24.3 Å². The lowest BCUT2D eigenvalue weighted by Crippen LogP contribution is -2.05. The number of carboxylic acids is 1. The number of aliphatic hydroxyl groups is 1. The van der Waals surface area contributed by atoms with Crippen LogP contribution in [-0.2, 0) is 11.4 Å². The number of carboxylic acid groups (broad SMARTS) is 1. The standard InChI is InChI=1S/C12H14O4S/c13-7-9-2-1-3-10(6-9)11(14)8-17-5-4-12(15)16/h1-3,6,13H,4-5,7-8H2,(H,15,16). The lowest BCUT2D eigenvalue weighted by atomic mass is 10.1. The van der Waals surface area contributed by atoms with E-state index in [9.17, 15) is 9.59 Å². The highest BCUT2D eigenvalue weighted by Gasteiger charge is 2.07. The molecule has 5 heteroatoms. The fourth-order valence-corrected chi connectivity index (χ4v) is 2.07. The number of hydrogen-bond donors (Lipinski definition) is 2. The van der Waals surface area contributed by atoms with E-state index < -0.39 is 5.97 Å². The highest BCUT2D eigenvalue weighted by Crippen LogP contribution is 2.10. The molecule has 1 aromatic carbocycles. The van der Waals surface area contributed by atoms with Crippen LogP contribution in [0.3, 0.4) is 0 Å². The molecule has 0 saturated carbocycles. The molecule has 0 unspecified atom stereocenters. The maximum atomic E-state index is 11.7. The van der Waals surface area contributed by atoms with E-state index in [2.05, 4.69) is 0 Å². The molecule has 0 heterocycles. The van der Waals surface area contributed by atoms with E-state index in [1.165, 1.54) is 11.8 Å². The molecule has 2 N–H and O–H groups in total. The zero-order valence-corrected chi connectivity index (χ0v) is 10.1. The highest BCUT2D eigenvalue weighted by atomic mass is 32.2. The van der Waals surface area contributed by atoms with Gasteiger partial charge in [-0.1, -0.05) is 18.2 Å². The molecular weight excluding hydrogens is 240 g/mol. The SMILES string of the molecule is O=C(O)CCSCC(=O)c1cccc(CO)c1. The Balaban J connectivity index is 2.43. The number of aliphatic carboxylic acids is 1. The Bertz CT molecular complexity index is 403. The molecule has 1 rings (SSSR count). The topological polar surface area (TPSA) is 74.6 Å². The molecule has 0 bridgehead atoms. The smallest absolute Gasteiger partial charge is 0.304 e. The monoisotopic (exact) mass is 254 g/mol. The highest BCUT2D eigenvalue weighted by molar-refractivity contribution is 8.00. The summed E-state index contributed by atoms with van der Waals surface area (Å²) in [6, 6.07) is 6.81. The minimum Gasteiger partial charge on any atom is -0.481 e. The number of Topliss-reactive ketones (excluding diaryl/α,β-unsaturated/α-hetero) is 1. The zero-order chi connectivity index (χ0) is 12.7. The van der Waals surface area contributed by atoms with Crippen LogP contribution in [0.4, 0.5) is 0 Å². The molecule has 0 aromatic heterocycles. The Morgan fingerprint density at radius 1 is 1.29 bits per heavy atom. The summed E-state index contributed by atoms with van der Waals surface area (Å²) < 4.78 is 0. The number of aliphatic hydroxyl groups excluding tert-OH is 1. The summed E-state index contributed by atoms with van der Waals surface area (Å²) in [6.45, 7) is -0.0900. The quantitative estimate of drug-likeness (QED) is 0.570. The van der Waals surface area contributed by atoms with Gasteiger partial charge in [0.2, 0.25) is 0 Å². The molecule has 92 valence electrons. The van der Waals surface area contributed by atoms with Crippen LogP contribution in [0.15, 0.2) is 24.3 Å². The number of carbonyl (C=O) groups excluding carboxylic acids is 1. The van der Waals surface area contributed by atoms with Crippen LogP contribution in [0.1, 0.15) is 22.3 Å². The van der Waals surface area contributed by atoms with Crippen molar-refractivity contribution >= 4 is 23.5 Å². The van der Waals surface area contributed by atoms with E-state index >= 15 is 0 Å². The summed E-state index contributed by atoms with van der Waals surface area (Å²) in [5.41, 5.74) is 1.26. The van der Waals surface area contributed by atoms with Crippen molar-refractivity contribution in [2.45, 2.75) is 13.0 Å². The average Bonchev–Trinajstić information content (AvgIpc) is 2.34. The fraction of sp³-hybridized carbons (Fsp3) is 0.333.